The summed E-state index contributed by atoms with van der Waals surface area (Å²) >= 11 is 0. The summed E-state index contributed by atoms with van der Waals surface area (Å²) in [7, 11) is -3.69. The molecule has 178 valence electrons. The van der Waals surface area contributed by atoms with Crippen LogP contribution in [0.3, 0.4) is 0 Å². The van der Waals surface area contributed by atoms with Gasteiger partial charge in [-0.1, -0.05) is 18.2 Å². The highest BCUT2D eigenvalue weighted by Gasteiger charge is 2.32. The van der Waals surface area contributed by atoms with Crippen LogP contribution in [0.5, 0.6) is 0 Å². The number of piperazine rings is 1. The molecule has 2 heterocycles. The van der Waals surface area contributed by atoms with Crippen LogP contribution in [0.25, 0.3) is 0 Å². The molecule has 2 aromatic carbocycles. The molecule has 2 saturated heterocycles. The van der Waals surface area contributed by atoms with Crippen LogP contribution in [-0.4, -0.2) is 86.8 Å². The Labute approximate surface area is 195 Å². The Morgan fingerprint density at radius 1 is 0.848 bits per heavy atom. The molecule has 0 aliphatic carbocycles. The predicted octanol–water partition coefficient (Wildman–Crippen LogP) is 2.26. The fourth-order valence-corrected chi connectivity index (χ4v) is 6.01. The summed E-state index contributed by atoms with van der Waals surface area (Å²) in [6, 6.07) is 14.8. The lowest BCUT2D eigenvalue weighted by molar-refractivity contribution is -0.136. The topological polar surface area (TPSA) is 64.2 Å². The van der Waals surface area contributed by atoms with E-state index in [-0.39, 0.29) is 16.8 Å². The first-order chi connectivity index (χ1) is 15.9. The van der Waals surface area contributed by atoms with Gasteiger partial charge >= 0.3 is 0 Å². The molecule has 0 radical (unpaired) electrons. The van der Waals surface area contributed by atoms with Gasteiger partial charge < -0.3 is 9.80 Å². The molecular weight excluding hydrogens is 443 g/mol. The van der Waals surface area contributed by atoms with Crippen molar-refractivity contribution in [3.8, 4) is 0 Å². The van der Waals surface area contributed by atoms with Crippen molar-refractivity contribution in [1.29, 1.82) is 0 Å². The van der Waals surface area contributed by atoms with E-state index in [4.69, 9.17) is 0 Å². The van der Waals surface area contributed by atoms with E-state index in [0.29, 0.717) is 45.7 Å². The van der Waals surface area contributed by atoms with Crippen LogP contribution in [0.4, 0.5) is 10.1 Å². The molecular formula is C24H31FN4O3S. The largest absolute Gasteiger partial charge is 0.368 e. The van der Waals surface area contributed by atoms with Crippen molar-refractivity contribution < 1.29 is 17.6 Å². The Morgan fingerprint density at radius 3 is 2.18 bits per heavy atom. The van der Waals surface area contributed by atoms with Crippen molar-refractivity contribution in [2.45, 2.75) is 24.3 Å². The number of para-hydroxylation sites is 1. The first-order valence-electron chi connectivity index (χ1n) is 11.4. The van der Waals surface area contributed by atoms with Crippen molar-refractivity contribution in [2.24, 2.45) is 0 Å². The van der Waals surface area contributed by atoms with Gasteiger partial charge in [0.15, 0.2) is 0 Å². The molecule has 2 aromatic rings. The lowest BCUT2D eigenvalue weighted by Crippen LogP contribution is -2.54. The number of hydrogen-bond acceptors (Lipinski definition) is 5. The van der Waals surface area contributed by atoms with E-state index in [9.17, 15) is 17.6 Å². The second-order valence-electron chi connectivity index (χ2n) is 8.57. The summed E-state index contributed by atoms with van der Waals surface area (Å²) in [4.78, 5) is 19.6. The van der Waals surface area contributed by atoms with E-state index >= 15 is 0 Å². The van der Waals surface area contributed by atoms with Gasteiger partial charge in [-0.2, -0.15) is 4.31 Å². The van der Waals surface area contributed by atoms with Crippen molar-refractivity contribution >= 4 is 21.6 Å². The number of anilines is 1. The van der Waals surface area contributed by atoms with Gasteiger partial charge in [-0.3, -0.25) is 9.69 Å². The van der Waals surface area contributed by atoms with E-state index < -0.39 is 15.8 Å². The number of rotatable bonds is 5. The zero-order valence-corrected chi connectivity index (χ0v) is 19.8. The van der Waals surface area contributed by atoms with Crippen LogP contribution in [0.15, 0.2) is 59.5 Å². The summed E-state index contributed by atoms with van der Waals surface area (Å²) in [5.74, 6) is -0.370. The third kappa shape index (κ3) is 5.37. The first kappa shape index (κ1) is 23.7. The maximum atomic E-state index is 13.2. The Balaban J connectivity index is 1.33. The quantitative estimate of drug-likeness (QED) is 0.665. The van der Waals surface area contributed by atoms with Crippen LogP contribution in [-0.2, 0) is 14.8 Å². The molecule has 2 aliphatic heterocycles. The molecule has 0 bridgehead atoms. The summed E-state index contributed by atoms with van der Waals surface area (Å²) in [5.41, 5.74) is 1.17. The fourth-order valence-electron chi connectivity index (χ4n) is 4.54. The van der Waals surface area contributed by atoms with Gasteiger partial charge in [0.25, 0.3) is 0 Å². The van der Waals surface area contributed by atoms with Gasteiger partial charge in [-0.05, 0) is 49.7 Å². The van der Waals surface area contributed by atoms with Crippen molar-refractivity contribution in [3.05, 3.63) is 60.4 Å². The number of halogens is 1. The van der Waals surface area contributed by atoms with Crippen molar-refractivity contribution in [2.75, 3.05) is 57.3 Å². The van der Waals surface area contributed by atoms with Crippen molar-refractivity contribution in [3.63, 3.8) is 0 Å². The monoisotopic (exact) mass is 474 g/mol. The molecule has 0 saturated carbocycles. The highest BCUT2D eigenvalue weighted by atomic mass is 32.2. The van der Waals surface area contributed by atoms with Gasteiger partial charge in [0.1, 0.15) is 5.82 Å². The molecule has 0 spiro atoms. The van der Waals surface area contributed by atoms with E-state index in [1.807, 2.05) is 30.0 Å². The second-order valence-corrected chi connectivity index (χ2v) is 10.5. The lowest BCUT2D eigenvalue weighted by atomic mass is 10.2. The van der Waals surface area contributed by atoms with Crippen LogP contribution in [0.1, 0.15) is 13.3 Å². The summed E-state index contributed by atoms with van der Waals surface area (Å²) in [6.45, 7) is 6.69. The zero-order valence-electron chi connectivity index (χ0n) is 18.9. The molecule has 1 atom stereocenters. The predicted molar refractivity (Wildman–Crippen MR) is 126 cm³/mol. The summed E-state index contributed by atoms with van der Waals surface area (Å²) < 4.78 is 40.6. The van der Waals surface area contributed by atoms with Crippen molar-refractivity contribution in [1.82, 2.24) is 14.1 Å². The standard InChI is InChI=1S/C24H31FN4O3S/c1-20(24(30)28-16-14-27(15-17-28)22-6-3-2-4-7-22)26-12-5-13-29(19-18-26)33(31,32)23-10-8-21(25)9-11-23/h2-4,6-11,20H,5,12-19H2,1H3/t20-/m0/s1. The normalized spacial score (nSPS) is 19.8. The lowest BCUT2D eigenvalue weighted by Gasteiger charge is -2.39. The number of amides is 1. The number of benzene rings is 2. The van der Waals surface area contributed by atoms with E-state index in [1.54, 1.807) is 0 Å². The molecule has 7 nitrogen and oxygen atoms in total. The maximum Gasteiger partial charge on any atom is 0.243 e. The Hall–Kier alpha value is -2.49. The molecule has 1 amide bonds. The maximum absolute atomic E-state index is 13.2. The van der Waals surface area contributed by atoms with Gasteiger partial charge in [-0.15, -0.1) is 0 Å². The average molecular weight is 475 g/mol. The second kappa shape index (κ2) is 10.2. The number of carbonyl (C=O) groups excluding carboxylic acids is 1. The van der Waals surface area contributed by atoms with Crippen LogP contribution in [0.2, 0.25) is 0 Å². The first-order valence-corrected chi connectivity index (χ1v) is 12.9. The number of nitrogens with zero attached hydrogens (tertiary/aromatic N) is 4. The highest BCUT2D eigenvalue weighted by Crippen LogP contribution is 2.20. The zero-order chi connectivity index (χ0) is 23.4. The number of hydrogen-bond donors (Lipinski definition) is 0. The van der Waals surface area contributed by atoms with Crippen LogP contribution < -0.4 is 4.90 Å². The third-order valence-corrected chi connectivity index (χ3v) is 8.47. The van der Waals surface area contributed by atoms with Gasteiger partial charge in [0, 0.05) is 58.0 Å². The molecule has 2 fully saturated rings. The fraction of sp³-hybridized carbons (Fsp3) is 0.458. The molecule has 0 unspecified atom stereocenters. The SMILES string of the molecule is C[C@@H](C(=O)N1CCN(c2ccccc2)CC1)N1CCCN(S(=O)(=O)c2ccc(F)cc2)CC1. The summed E-state index contributed by atoms with van der Waals surface area (Å²) in [5, 5.41) is 0. The Morgan fingerprint density at radius 2 is 1.52 bits per heavy atom. The third-order valence-electron chi connectivity index (χ3n) is 6.56. The number of sulfonamides is 1. The molecule has 33 heavy (non-hydrogen) atoms. The Bertz CT molecular complexity index is 1040. The van der Waals surface area contributed by atoms with Gasteiger partial charge in [-0.25, -0.2) is 12.8 Å². The Kier molecular flexibility index (Phi) is 7.31. The van der Waals surface area contributed by atoms with E-state index in [0.717, 1.165) is 25.2 Å². The van der Waals surface area contributed by atoms with Gasteiger partial charge in [0.2, 0.25) is 15.9 Å². The molecule has 4 rings (SSSR count). The van der Waals surface area contributed by atoms with E-state index in [2.05, 4.69) is 21.9 Å². The minimum absolute atomic E-state index is 0.0950. The highest BCUT2D eigenvalue weighted by molar-refractivity contribution is 7.89. The van der Waals surface area contributed by atoms with Gasteiger partial charge in [0.05, 0.1) is 10.9 Å². The van der Waals surface area contributed by atoms with Crippen LogP contribution >= 0.6 is 0 Å². The minimum atomic E-state index is -3.69. The molecule has 0 aromatic heterocycles. The molecule has 0 N–H and O–H groups in total. The molecule has 9 heteroatoms. The number of carbonyl (C=O) groups is 1. The summed E-state index contributed by atoms with van der Waals surface area (Å²) in [6.07, 6.45) is 0.639. The minimum Gasteiger partial charge on any atom is -0.368 e. The smallest absolute Gasteiger partial charge is 0.243 e. The average Bonchev–Trinajstić information content (AvgIpc) is 3.11. The van der Waals surface area contributed by atoms with Crippen LogP contribution in [0, 0.1) is 5.82 Å². The molecule has 2 aliphatic rings. The van der Waals surface area contributed by atoms with E-state index in [1.165, 1.54) is 22.1 Å².